The molecule has 3 aliphatic rings. The Bertz CT molecular complexity index is 718. The number of thioether (sulfide) groups is 1. The molecule has 1 spiro atoms. The molecule has 0 saturated carbocycles. The first-order valence-corrected chi connectivity index (χ1v) is 12.6. The first-order valence-electron chi connectivity index (χ1n) is 11.8. The summed E-state index contributed by atoms with van der Waals surface area (Å²) in [6.07, 6.45) is 4.09. The number of ether oxygens (including phenoxy) is 1. The van der Waals surface area contributed by atoms with E-state index >= 15 is 0 Å². The van der Waals surface area contributed by atoms with Gasteiger partial charge in [-0.25, -0.2) is 0 Å². The summed E-state index contributed by atoms with van der Waals surface area (Å²) in [6, 6.07) is -1.13. The Morgan fingerprint density at radius 3 is 2.61 bits per heavy atom. The van der Waals surface area contributed by atoms with Crippen molar-refractivity contribution in [3.05, 3.63) is 0 Å². The van der Waals surface area contributed by atoms with E-state index in [1.54, 1.807) is 23.6 Å². The molecule has 0 aromatic heterocycles. The highest BCUT2D eigenvalue weighted by molar-refractivity contribution is 8.02. The summed E-state index contributed by atoms with van der Waals surface area (Å²) in [5, 5.41) is 13.3. The minimum absolute atomic E-state index is 0.0361. The average molecular weight is 455 g/mol. The van der Waals surface area contributed by atoms with E-state index in [0.717, 1.165) is 25.7 Å². The van der Waals surface area contributed by atoms with Gasteiger partial charge in [-0.1, -0.05) is 33.6 Å². The molecule has 2 N–H and O–H groups in total. The normalized spacial score (nSPS) is 35.7. The molecular weight excluding hydrogens is 416 g/mol. The van der Waals surface area contributed by atoms with Crippen LogP contribution in [-0.2, 0) is 19.1 Å². The zero-order chi connectivity index (χ0) is 23.0. The van der Waals surface area contributed by atoms with Crippen LogP contribution in [0.15, 0.2) is 0 Å². The van der Waals surface area contributed by atoms with Gasteiger partial charge in [-0.3, -0.25) is 14.4 Å². The van der Waals surface area contributed by atoms with E-state index in [0.29, 0.717) is 13.0 Å². The Hall–Kier alpha value is -1.28. The lowest BCUT2D eigenvalue weighted by molar-refractivity contribution is -0.155. The van der Waals surface area contributed by atoms with E-state index in [1.165, 1.54) is 0 Å². The number of fused-ring (bicyclic) bond motifs is 1. The fraction of sp³-hybridized carbons (Fsp3) is 0.870. The molecule has 7 atom stereocenters. The average Bonchev–Trinajstić information content (AvgIpc) is 3.30. The van der Waals surface area contributed by atoms with Crippen molar-refractivity contribution < 1.29 is 24.2 Å². The number of likely N-dealkylation sites (tertiary alicyclic amines) is 1. The molecule has 2 amide bonds. The molecule has 176 valence electrons. The molecule has 3 fully saturated rings. The number of nitrogens with one attached hydrogen (secondary N) is 1. The van der Waals surface area contributed by atoms with Crippen LogP contribution < -0.4 is 5.32 Å². The van der Waals surface area contributed by atoms with Crippen LogP contribution in [0.5, 0.6) is 0 Å². The minimum atomic E-state index is -0.681. The van der Waals surface area contributed by atoms with E-state index in [9.17, 15) is 19.5 Å². The quantitative estimate of drug-likeness (QED) is 0.389. The second-order valence-electron chi connectivity index (χ2n) is 9.51. The van der Waals surface area contributed by atoms with Gasteiger partial charge in [0.2, 0.25) is 11.8 Å². The van der Waals surface area contributed by atoms with Crippen molar-refractivity contribution in [3.63, 3.8) is 0 Å². The summed E-state index contributed by atoms with van der Waals surface area (Å²) in [5.41, 5.74) is 0. The van der Waals surface area contributed by atoms with Crippen molar-refractivity contribution in [2.24, 2.45) is 17.8 Å². The lowest BCUT2D eigenvalue weighted by Gasteiger charge is -2.39. The molecule has 31 heavy (non-hydrogen) atoms. The van der Waals surface area contributed by atoms with E-state index in [4.69, 9.17) is 4.74 Å². The molecule has 8 heteroatoms. The molecule has 3 aliphatic heterocycles. The summed E-state index contributed by atoms with van der Waals surface area (Å²) in [6.45, 7) is 10.5. The Morgan fingerprint density at radius 1 is 1.32 bits per heavy atom. The van der Waals surface area contributed by atoms with Crippen molar-refractivity contribution in [2.75, 3.05) is 19.8 Å². The van der Waals surface area contributed by atoms with E-state index in [2.05, 4.69) is 12.2 Å². The zero-order valence-electron chi connectivity index (χ0n) is 19.5. The Labute approximate surface area is 190 Å². The molecule has 0 aliphatic carbocycles. The van der Waals surface area contributed by atoms with Gasteiger partial charge < -0.3 is 20.1 Å². The van der Waals surface area contributed by atoms with E-state index in [-0.39, 0.29) is 36.9 Å². The van der Waals surface area contributed by atoms with Gasteiger partial charge in [0.05, 0.1) is 35.8 Å². The molecule has 3 rings (SSSR count). The summed E-state index contributed by atoms with van der Waals surface area (Å²) in [5.74, 6) is -1.79. The van der Waals surface area contributed by atoms with Crippen molar-refractivity contribution >= 4 is 29.5 Å². The molecule has 7 nitrogen and oxygen atoms in total. The van der Waals surface area contributed by atoms with Crippen LogP contribution in [0.3, 0.4) is 0 Å². The van der Waals surface area contributed by atoms with Crippen molar-refractivity contribution in [1.82, 2.24) is 10.2 Å². The van der Waals surface area contributed by atoms with Crippen LogP contribution in [0.25, 0.3) is 0 Å². The number of amides is 2. The van der Waals surface area contributed by atoms with Crippen LogP contribution in [0.2, 0.25) is 0 Å². The molecule has 2 unspecified atom stereocenters. The largest absolute Gasteiger partial charge is 0.466 e. The van der Waals surface area contributed by atoms with Gasteiger partial charge in [0, 0.05) is 11.3 Å². The summed E-state index contributed by atoms with van der Waals surface area (Å²) >= 11 is 1.64. The predicted molar refractivity (Wildman–Crippen MR) is 120 cm³/mol. The van der Waals surface area contributed by atoms with Crippen LogP contribution in [0, 0.1) is 17.8 Å². The van der Waals surface area contributed by atoms with Gasteiger partial charge in [0.25, 0.3) is 0 Å². The predicted octanol–water partition coefficient (Wildman–Crippen LogP) is 2.35. The fourth-order valence-corrected chi connectivity index (χ4v) is 8.24. The van der Waals surface area contributed by atoms with Crippen LogP contribution in [0.1, 0.15) is 66.7 Å². The maximum atomic E-state index is 13.9. The second kappa shape index (κ2) is 9.30. The van der Waals surface area contributed by atoms with Gasteiger partial charge in [0.15, 0.2) is 0 Å². The molecule has 0 aromatic carbocycles. The number of nitrogens with zero attached hydrogens (tertiary/aromatic N) is 1. The molecule has 0 aromatic rings. The third-order valence-corrected chi connectivity index (χ3v) is 9.66. The Morgan fingerprint density at radius 2 is 2.03 bits per heavy atom. The number of rotatable bonds is 10. The summed E-state index contributed by atoms with van der Waals surface area (Å²) in [7, 11) is 0. The lowest BCUT2D eigenvalue weighted by Crippen LogP contribution is -2.57. The first-order chi connectivity index (χ1) is 14.7. The van der Waals surface area contributed by atoms with E-state index in [1.807, 2.05) is 20.8 Å². The molecular formula is C23H38N2O5S. The van der Waals surface area contributed by atoms with Crippen LogP contribution >= 0.6 is 11.8 Å². The third kappa shape index (κ3) is 3.77. The van der Waals surface area contributed by atoms with Crippen molar-refractivity contribution in [1.29, 1.82) is 0 Å². The number of hydrogen-bond acceptors (Lipinski definition) is 6. The topological polar surface area (TPSA) is 95.9 Å². The smallest absolute Gasteiger partial charge is 0.311 e. The van der Waals surface area contributed by atoms with Crippen molar-refractivity contribution in [3.8, 4) is 0 Å². The van der Waals surface area contributed by atoms with Gasteiger partial charge in [-0.2, -0.15) is 0 Å². The number of carbonyl (C=O) groups excluding carboxylic acids is 3. The zero-order valence-corrected chi connectivity index (χ0v) is 20.3. The number of aliphatic hydroxyl groups is 1. The number of hydrogen-bond donors (Lipinski definition) is 2. The van der Waals surface area contributed by atoms with Gasteiger partial charge >= 0.3 is 5.97 Å². The number of aliphatic hydroxyl groups excluding tert-OH is 1. The SMILES string of the molecule is CCCCNC(=O)C1N([C@@H](CO)[C@@H](C)CC)C(=O)[C@@H]2[C@@H](C(=O)OCC)[C@@]3(C)CCC12S3. The molecule has 2 bridgehead atoms. The molecule has 3 saturated heterocycles. The second-order valence-corrected chi connectivity index (χ2v) is 11.4. The molecule has 0 radical (unpaired) electrons. The Balaban J connectivity index is 2.06. The van der Waals surface area contributed by atoms with Gasteiger partial charge in [-0.15, -0.1) is 11.8 Å². The van der Waals surface area contributed by atoms with Gasteiger partial charge in [-0.05, 0) is 39.0 Å². The summed E-state index contributed by atoms with van der Waals surface area (Å²) in [4.78, 5) is 42.1. The standard InChI is InChI=1S/C23H38N2O5S/c1-6-9-12-24-19(27)18-23-11-10-22(5,31-23)17(21(29)30-8-3)16(23)20(28)25(18)15(13-26)14(4)7-2/h14-18,26H,6-13H2,1-5H3,(H,24,27)/t14-,15-,16-,17-,18?,22+,23?/m0/s1. The highest BCUT2D eigenvalue weighted by Crippen LogP contribution is 2.71. The van der Waals surface area contributed by atoms with Gasteiger partial charge in [0.1, 0.15) is 6.04 Å². The maximum absolute atomic E-state index is 13.9. The molecule has 3 heterocycles. The third-order valence-electron chi connectivity index (χ3n) is 7.68. The summed E-state index contributed by atoms with van der Waals surface area (Å²) < 4.78 is 4.33. The Kier molecular flexibility index (Phi) is 7.31. The lowest BCUT2D eigenvalue weighted by atomic mass is 9.66. The highest BCUT2D eigenvalue weighted by atomic mass is 32.2. The van der Waals surface area contributed by atoms with E-state index < -0.39 is 33.4 Å². The number of carbonyl (C=O) groups is 3. The van der Waals surface area contributed by atoms with Crippen LogP contribution in [0.4, 0.5) is 0 Å². The van der Waals surface area contributed by atoms with Crippen LogP contribution in [-0.4, -0.2) is 69.1 Å². The highest BCUT2D eigenvalue weighted by Gasteiger charge is 2.78. The first kappa shape index (κ1) is 24.4. The maximum Gasteiger partial charge on any atom is 0.311 e. The minimum Gasteiger partial charge on any atom is -0.466 e. The number of esters is 1. The van der Waals surface area contributed by atoms with Crippen molar-refractivity contribution in [2.45, 2.75) is 88.3 Å². The monoisotopic (exact) mass is 454 g/mol. The fourth-order valence-electron chi connectivity index (χ4n) is 5.91. The number of unbranched alkanes of at least 4 members (excludes halogenated alkanes) is 1.